The standard InChI is InChI=1S/C14H19N3/c1-4-11(2)15-14-16-12(3)10-17(14)13-8-6-5-7-9-13/h5-11H,4H2,1-3H3,(H,15,16). The lowest BCUT2D eigenvalue weighted by molar-refractivity contribution is 0.749. The number of nitrogens with zero attached hydrogens (tertiary/aromatic N) is 2. The Bertz CT molecular complexity index is 473. The Labute approximate surface area is 103 Å². The van der Waals surface area contributed by atoms with Crippen LogP contribution in [0.4, 0.5) is 5.95 Å². The molecule has 90 valence electrons. The van der Waals surface area contributed by atoms with Gasteiger partial charge in [0.2, 0.25) is 5.95 Å². The van der Waals surface area contributed by atoms with Gasteiger partial charge in [-0.2, -0.15) is 0 Å². The summed E-state index contributed by atoms with van der Waals surface area (Å²) in [5, 5.41) is 3.43. The molecule has 1 aromatic carbocycles. The molecule has 0 saturated carbocycles. The maximum absolute atomic E-state index is 4.53. The van der Waals surface area contributed by atoms with Gasteiger partial charge in [-0.05, 0) is 32.4 Å². The second kappa shape index (κ2) is 5.04. The first kappa shape index (κ1) is 11.7. The van der Waals surface area contributed by atoms with Crippen LogP contribution in [0.3, 0.4) is 0 Å². The van der Waals surface area contributed by atoms with E-state index in [1.165, 1.54) is 0 Å². The summed E-state index contributed by atoms with van der Waals surface area (Å²) in [4.78, 5) is 4.53. The van der Waals surface area contributed by atoms with Crippen molar-refractivity contribution in [1.29, 1.82) is 0 Å². The SMILES string of the molecule is CCC(C)Nc1nc(C)cn1-c1ccccc1. The van der Waals surface area contributed by atoms with Gasteiger partial charge in [0.1, 0.15) is 0 Å². The van der Waals surface area contributed by atoms with E-state index in [1.807, 2.05) is 25.1 Å². The molecule has 17 heavy (non-hydrogen) atoms. The van der Waals surface area contributed by atoms with Gasteiger partial charge < -0.3 is 5.32 Å². The van der Waals surface area contributed by atoms with Crippen LogP contribution < -0.4 is 5.32 Å². The van der Waals surface area contributed by atoms with Gasteiger partial charge in [0.05, 0.1) is 5.69 Å². The van der Waals surface area contributed by atoms with Crippen molar-refractivity contribution < 1.29 is 0 Å². The number of aromatic nitrogens is 2. The third-order valence-corrected chi connectivity index (χ3v) is 2.85. The van der Waals surface area contributed by atoms with Crippen molar-refractivity contribution in [3.63, 3.8) is 0 Å². The molecule has 1 unspecified atom stereocenters. The number of nitrogens with one attached hydrogen (secondary N) is 1. The van der Waals surface area contributed by atoms with Gasteiger partial charge in [-0.15, -0.1) is 0 Å². The van der Waals surface area contributed by atoms with Crippen LogP contribution in [0.2, 0.25) is 0 Å². The van der Waals surface area contributed by atoms with Crippen LogP contribution in [-0.4, -0.2) is 15.6 Å². The zero-order valence-electron chi connectivity index (χ0n) is 10.6. The summed E-state index contributed by atoms with van der Waals surface area (Å²) in [5.74, 6) is 0.919. The molecule has 3 heteroatoms. The average Bonchev–Trinajstić information content (AvgIpc) is 2.71. The molecule has 0 saturated heterocycles. The molecule has 1 aromatic heterocycles. The molecule has 2 rings (SSSR count). The number of hydrogen-bond donors (Lipinski definition) is 1. The Morgan fingerprint density at radius 1 is 1.29 bits per heavy atom. The summed E-state index contributed by atoms with van der Waals surface area (Å²) in [6, 6.07) is 10.7. The number of imidazole rings is 1. The minimum atomic E-state index is 0.430. The van der Waals surface area contributed by atoms with Crippen molar-refractivity contribution in [2.24, 2.45) is 0 Å². The summed E-state index contributed by atoms with van der Waals surface area (Å²) < 4.78 is 2.10. The van der Waals surface area contributed by atoms with Crippen LogP contribution >= 0.6 is 0 Å². The van der Waals surface area contributed by atoms with E-state index >= 15 is 0 Å². The highest BCUT2D eigenvalue weighted by molar-refractivity contribution is 5.43. The molecule has 2 aromatic rings. The monoisotopic (exact) mass is 229 g/mol. The molecular formula is C14H19N3. The van der Waals surface area contributed by atoms with Gasteiger partial charge >= 0.3 is 0 Å². The van der Waals surface area contributed by atoms with Crippen LogP contribution in [0, 0.1) is 6.92 Å². The number of aryl methyl sites for hydroxylation is 1. The van der Waals surface area contributed by atoms with Crippen LogP contribution in [0.25, 0.3) is 5.69 Å². The summed E-state index contributed by atoms with van der Waals surface area (Å²) in [5.41, 5.74) is 2.17. The molecule has 0 aliphatic rings. The number of benzene rings is 1. The summed E-state index contributed by atoms with van der Waals surface area (Å²) in [6.07, 6.45) is 3.14. The quantitative estimate of drug-likeness (QED) is 0.871. The predicted octanol–water partition coefficient (Wildman–Crippen LogP) is 3.39. The highest BCUT2D eigenvalue weighted by Crippen LogP contribution is 2.17. The molecule has 0 bridgehead atoms. The topological polar surface area (TPSA) is 29.9 Å². The third kappa shape index (κ3) is 2.67. The van der Waals surface area contributed by atoms with Gasteiger partial charge in [-0.25, -0.2) is 4.98 Å². The molecular weight excluding hydrogens is 210 g/mol. The van der Waals surface area contributed by atoms with E-state index < -0.39 is 0 Å². The van der Waals surface area contributed by atoms with Crippen molar-refractivity contribution in [1.82, 2.24) is 9.55 Å². The third-order valence-electron chi connectivity index (χ3n) is 2.85. The van der Waals surface area contributed by atoms with Crippen LogP contribution in [0.15, 0.2) is 36.5 Å². The molecule has 3 nitrogen and oxygen atoms in total. The lowest BCUT2D eigenvalue weighted by atomic mass is 10.3. The largest absolute Gasteiger partial charge is 0.353 e. The maximum atomic E-state index is 4.53. The van der Waals surface area contributed by atoms with Gasteiger partial charge in [0.15, 0.2) is 0 Å². The Morgan fingerprint density at radius 2 is 2.00 bits per heavy atom. The first-order valence-corrected chi connectivity index (χ1v) is 6.08. The lowest BCUT2D eigenvalue weighted by Gasteiger charge is -2.14. The molecule has 0 spiro atoms. The molecule has 0 amide bonds. The molecule has 0 fully saturated rings. The van der Waals surface area contributed by atoms with E-state index in [1.54, 1.807) is 0 Å². The van der Waals surface area contributed by atoms with Gasteiger partial charge in [0, 0.05) is 17.9 Å². The van der Waals surface area contributed by atoms with E-state index in [2.05, 4.69) is 47.0 Å². The van der Waals surface area contributed by atoms with Crippen molar-refractivity contribution in [2.75, 3.05) is 5.32 Å². The summed E-state index contributed by atoms with van der Waals surface area (Å²) in [7, 11) is 0. The molecule has 1 atom stereocenters. The van der Waals surface area contributed by atoms with Crippen molar-refractivity contribution in [3.05, 3.63) is 42.2 Å². The summed E-state index contributed by atoms with van der Waals surface area (Å²) >= 11 is 0. The van der Waals surface area contributed by atoms with E-state index in [0.717, 1.165) is 23.8 Å². The zero-order chi connectivity index (χ0) is 12.3. The fourth-order valence-electron chi connectivity index (χ4n) is 1.71. The van der Waals surface area contributed by atoms with Crippen molar-refractivity contribution in [3.8, 4) is 5.69 Å². The number of para-hydroxylation sites is 1. The molecule has 0 radical (unpaired) electrons. The highest BCUT2D eigenvalue weighted by Gasteiger charge is 2.08. The summed E-state index contributed by atoms with van der Waals surface area (Å²) in [6.45, 7) is 6.35. The highest BCUT2D eigenvalue weighted by atomic mass is 15.2. The van der Waals surface area contributed by atoms with E-state index in [0.29, 0.717) is 6.04 Å². The van der Waals surface area contributed by atoms with E-state index in [9.17, 15) is 0 Å². The predicted molar refractivity (Wildman–Crippen MR) is 71.7 cm³/mol. The van der Waals surface area contributed by atoms with Gasteiger partial charge in [-0.3, -0.25) is 4.57 Å². The lowest BCUT2D eigenvalue weighted by Crippen LogP contribution is -2.16. The minimum Gasteiger partial charge on any atom is -0.353 e. The van der Waals surface area contributed by atoms with Gasteiger partial charge in [0.25, 0.3) is 0 Å². The molecule has 1 N–H and O–H groups in total. The van der Waals surface area contributed by atoms with E-state index in [4.69, 9.17) is 0 Å². The number of hydrogen-bond acceptors (Lipinski definition) is 2. The fourth-order valence-corrected chi connectivity index (χ4v) is 1.71. The first-order chi connectivity index (χ1) is 8.20. The van der Waals surface area contributed by atoms with Crippen molar-refractivity contribution >= 4 is 5.95 Å². The zero-order valence-corrected chi connectivity index (χ0v) is 10.6. The van der Waals surface area contributed by atoms with Crippen molar-refractivity contribution in [2.45, 2.75) is 33.2 Å². The number of anilines is 1. The normalized spacial score (nSPS) is 12.4. The second-order valence-corrected chi connectivity index (χ2v) is 4.37. The molecule has 0 aliphatic carbocycles. The Hall–Kier alpha value is -1.77. The maximum Gasteiger partial charge on any atom is 0.207 e. The smallest absolute Gasteiger partial charge is 0.207 e. The molecule has 1 heterocycles. The first-order valence-electron chi connectivity index (χ1n) is 6.08. The average molecular weight is 229 g/mol. The van der Waals surface area contributed by atoms with Crippen LogP contribution in [-0.2, 0) is 0 Å². The van der Waals surface area contributed by atoms with Crippen LogP contribution in [0.1, 0.15) is 26.0 Å². The Morgan fingerprint density at radius 3 is 2.65 bits per heavy atom. The molecule has 0 aliphatic heterocycles. The van der Waals surface area contributed by atoms with Crippen LogP contribution in [0.5, 0.6) is 0 Å². The Balaban J connectivity index is 2.34. The Kier molecular flexibility index (Phi) is 3.47. The minimum absolute atomic E-state index is 0.430. The fraction of sp³-hybridized carbons (Fsp3) is 0.357. The van der Waals surface area contributed by atoms with E-state index in [-0.39, 0.29) is 0 Å². The second-order valence-electron chi connectivity index (χ2n) is 4.37. The van der Waals surface area contributed by atoms with Gasteiger partial charge in [-0.1, -0.05) is 25.1 Å². The number of rotatable bonds is 4.